The fraction of sp³-hybridized carbons (Fsp3) is 0.556. The van der Waals surface area contributed by atoms with Gasteiger partial charge in [0.25, 0.3) is 0 Å². The van der Waals surface area contributed by atoms with Gasteiger partial charge in [-0.25, -0.2) is 4.79 Å². The van der Waals surface area contributed by atoms with Crippen LogP contribution in [0.2, 0.25) is 0 Å². The Morgan fingerprint density at radius 3 is 2.86 bits per heavy atom. The van der Waals surface area contributed by atoms with Gasteiger partial charge in [0.2, 0.25) is 0 Å². The zero-order valence-corrected chi connectivity index (χ0v) is 8.37. The summed E-state index contributed by atoms with van der Waals surface area (Å²) >= 11 is 0. The average molecular weight is 194 g/mol. The van der Waals surface area contributed by atoms with E-state index in [0.29, 0.717) is 6.04 Å². The van der Waals surface area contributed by atoms with Gasteiger partial charge in [-0.05, 0) is 19.8 Å². The van der Waals surface area contributed by atoms with Crippen LogP contribution in [0.1, 0.15) is 18.5 Å². The van der Waals surface area contributed by atoms with Crippen molar-refractivity contribution in [3.63, 3.8) is 0 Å². The molecule has 5 heteroatoms. The molecule has 0 bridgehead atoms. The summed E-state index contributed by atoms with van der Waals surface area (Å²) in [4.78, 5) is 11.4. The Bertz CT molecular complexity index is 354. The Labute approximate surface area is 82.5 Å². The van der Waals surface area contributed by atoms with Gasteiger partial charge >= 0.3 is 6.03 Å². The Hall–Kier alpha value is -1.52. The van der Waals surface area contributed by atoms with Crippen molar-refractivity contribution in [2.75, 3.05) is 5.32 Å². The molecule has 76 valence electrons. The summed E-state index contributed by atoms with van der Waals surface area (Å²) < 4.78 is 1.65. The molecule has 0 radical (unpaired) electrons. The lowest BCUT2D eigenvalue weighted by Gasteiger charge is -2.05. The number of rotatable bonds is 2. The minimum Gasteiger partial charge on any atom is -0.335 e. The maximum absolute atomic E-state index is 11.4. The topological polar surface area (TPSA) is 59.0 Å². The number of carbonyl (C=O) groups is 1. The Balaban J connectivity index is 1.95. The Kier molecular flexibility index (Phi) is 2.15. The van der Waals surface area contributed by atoms with Crippen LogP contribution in [-0.4, -0.2) is 21.9 Å². The molecule has 1 aromatic rings. The molecule has 0 unspecified atom stereocenters. The first kappa shape index (κ1) is 9.05. The summed E-state index contributed by atoms with van der Waals surface area (Å²) in [7, 11) is 1.81. The molecule has 0 atom stereocenters. The fourth-order valence-corrected chi connectivity index (χ4v) is 1.29. The predicted octanol–water partition coefficient (Wildman–Crippen LogP) is 1.01. The molecule has 2 rings (SSSR count). The van der Waals surface area contributed by atoms with Gasteiger partial charge in [-0.15, -0.1) is 0 Å². The molecule has 1 saturated carbocycles. The molecule has 14 heavy (non-hydrogen) atoms. The van der Waals surface area contributed by atoms with Crippen molar-refractivity contribution in [3.8, 4) is 0 Å². The molecule has 0 aliphatic heterocycles. The van der Waals surface area contributed by atoms with Gasteiger partial charge < -0.3 is 5.32 Å². The van der Waals surface area contributed by atoms with Gasteiger partial charge in [-0.2, -0.15) is 5.10 Å². The summed E-state index contributed by atoms with van der Waals surface area (Å²) in [6, 6.07) is 2.08. The van der Waals surface area contributed by atoms with E-state index < -0.39 is 0 Å². The highest BCUT2D eigenvalue weighted by molar-refractivity contribution is 5.88. The van der Waals surface area contributed by atoms with Crippen molar-refractivity contribution < 1.29 is 4.79 Å². The first-order valence-corrected chi connectivity index (χ1v) is 4.73. The van der Waals surface area contributed by atoms with Gasteiger partial charge in [-0.1, -0.05) is 0 Å². The number of hydrogen-bond donors (Lipinski definition) is 2. The van der Waals surface area contributed by atoms with E-state index >= 15 is 0 Å². The molecule has 5 nitrogen and oxygen atoms in total. The lowest BCUT2D eigenvalue weighted by Crippen LogP contribution is -2.31. The molecule has 0 aromatic carbocycles. The highest BCUT2D eigenvalue weighted by atomic mass is 16.2. The van der Waals surface area contributed by atoms with Crippen molar-refractivity contribution in [2.45, 2.75) is 25.8 Å². The van der Waals surface area contributed by atoms with Gasteiger partial charge in [0.05, 0.1) is 5.69 Å². The molecular weight excluding hydrogens is 180 g/mol. The molecule has 2 amide bonds. The van der Waals surface area contributed by atoms with Crippen LogP contribution in [0.25, 0.3) is 0 Å². The zero-order valence-electron chi connectivity index (χ0n) is 8.37. The number of aromatic nitrogens is 2. The number of hydrogen-bond acceptors (Lipinski definition) is 2. The lowest BCUT2D eigenvalue weighted by atomic mass is 10.5. The highest BCUT2D eigenvalue weighted by Gasteiger charge is 2.23. The SMILES string of the molecule is Cc1cc(NC(=O)NC2CC2)n(C)n1. The second-order valence-electron chi connectivity index (χ2n) is 3.67. The molecule has 1 heterocycles. The van der Waals surface area contributed by atoms with Crippen molar-refractivity contribution in [1.29, 1.82) is 0 Å². The maximum Gasteiger partial charge on any atom is 0.320 e. The van der Waals surface area contributed by atoms with Crippen molar-refractivity contribution in [1.82, 2.24) is 15.1 Å². The number of carbonyl (C=O) groups excluding carboxylic acids is 1. The number of anilines is 1. The van der Waals surface area contributed by atoms with Crippen LogP contribution in [0.15, 0.2) is 6.07 Å². The first-order chi connectivity index (χ1) is 6.65. The first-order valence-electron chi connectivity index (χ1n) is 4.73. The largest absolute Gasteiger partial charge is 0.335 e. The molecule has 1 aliphatic carbocycles. The number of nitrogens with one attached hydrogen (secondary N) is 2. The summed E-state index contributed by atoms with van der Waals surface area (Å²) in [5.74, 6) is 0.723. The van der Waals surface area contributed by atoms with Gasteiger partial charge in [0, 0.05) is 19.2 Å². The van der Waals surface area contributed by atoms with E-state index in [1.54, 1.807) is 11.7 Å². The predicted molar refractivity (Wildman–Crippen MR) is 53.1 cm³/mol. The quantitative estimate of drug-likeness (QED) is 0.738. The summed E-state index contributed by atoms with van der Waals surface area (Å²) in [5, 5.41) is 9.73. The molecule has 2 N–H and O–H groups in total. The maximum atomic E-state index is 11.4. The zero-order chi connectivity index (χ0) is 10.1. The van der Waals surface area contributed by atoms with E-state index in [0.717, 1.165) is 24.4 Å². The third-order valence-corrected chi connectivity index (χ3v) is 2.16. The minimum atomic E-state index is -0.143. The van der Waals surface area contributed by atoms with Crippen LogP contribution in [0, 0.1) is 6.92 Å². The fourth-order valence-electron chi connectivity index (χ4n) is 1.29. The lowest BCUT2D eigenvalue weighted by molar-refractivity contribution is 0.251. The Morgan fingerprint density at radius 2 is 2.36 bits per heavy atom. The van der Waals surface area contributed by atoms with Crippen LogP contribution < -0.4 is 10.6 Å². The third kappa shape index (κ3) is 2.04. The van der Waals surface area contributed by atoms with Crippen LogP contribution in [0.5, 0.6) is 0 Å². The normalized spacial score (nSPS) is 15.3. The average Bonchev–Trinajstić information content (AvgIpc) is 2.81. The van der Waals surface area contributed by atoms with E-state index in [4.69, 9.17) is 0 Å². The van der Waals surface area contributed by atoms with E-state index in [1.807, 2.05) is 13.0 Å². The van der Waals surface area contributed by atoms with E-state index in [9.17, 15) is 4.79 Å². The van der Waals surface area contributed by atoms with E-state index in [2.05, 4.69) is 15.7 Å². The molecule has 0 spiro atoms. The third-order valence-electron chi connectivity index (χ3n) is 2.16. The smallest absolute Gasteiger partial charge is 0.320 e. The van der Waals surface area contributed by atoms with Crippen LogP contribution in [0.4, 0.5) is 10.6 Å². The van der Waals surface area contributed by atoms with Crippen LogP contribution >= 0.6 is 0 Å². The van der Waals surface area contributed by atoms with Crippen molar-refractivity contribution in [2.24, 2.45) is 7.05 Å². The molecule has 0 saturated heterocycles. The summed E-state index contributed by atoms with van der Waals surface area (Å²) in [6.07, 6.45) is 2.19. The van der Waals surface area contributed by atoms with Gasteiger partial charge in [0.1, 0.15) is 5.82 Å². The number of amides is 2. The molecule has 1 aromatic heterocycles. The Morgan fingerprint density at radius 1 is 1.64 bits per heavy atom. The number of urea groups is 1. The van der Waals surface area contributed by atoms with Crippen LogP contribution in [-0.2, 0) is 7.05 Å². The van der Waals surface area contributed by atoms with Crippen LogP contribution in [0.3, 0.4) is 0 Å². The minimum absolute atomic E-state index is 0.143. The number of nitrogens with zero attached hydrogens (tertiary/aromatic N) is 2. The van der Waals surface area contributed by atoms with Crippen molar-refractivity contribution >= 4 is 11.8 Å². The molecule has 1 fully saturated rings. The molecule has 1 aliphatic rings. The standard InChI is InChI=1S/C9H14N4O/c1-6-5-8(13(2)12-6)11-9(14)10-7-3-4-7/h5,7H,3-4H2,1-2H3,(H2,10,11,14). The monoisotopic (exact) mass is 194 g/mol. The van der Waals surface area contributed by atoms with E-state index in [1.165, 1.54) is 0 Å². The van der Waals surface area contributed by atoms with Gasteiger partial charge in [-0.3, -0.25) is 10.00 Å². The second-order valence-corrected chi connectivity index (χ2v) is 3.67. The van der Waals surface area contributed by atoms with E-state index in [-0.39, 0.29) is 6.03 Å². The molecular formula is C9H14N4O. The summed E-state index contributed by atoms with van der Waals surface area (Å²) in [5.41, 5.74) is 0.897. The summed E-state index contributed by atoms with van der Waals surface area (Å²) in [6.45, 7) is 1.89. The number of aryl methyl sites for hydroxylation is 2. The highest BCUT2D eigenvalue weighted by Crippen LogP contribution is 2.18. The second kappa shape index (κ2) is 3.32. The van der Waals surface area contributed by atoms with Crippen molar-refractivity contribution in [3.05, 3.63) is 11.8 Å². The van der Waals surface area contributed by atoms with Gasteiger partial charge in [0.15, 0.2) is 0 Å².